The van der Waals surface area contributed by atoms with Crippen molar-refractivity contribution in [2.24, 2.45) is 4.99 Å². The number of hydrogen-bond acceptors (Lipinski definition) is 3. The summed E-state index contributed by atoms with van der Waals surface area (Å²) in [6.07, 6.45) is 0.592. The number of ether oxygens (including phenoxy) is 1. The zero-order chi connectivity index (χ0) is 17.2. The van der Waals surface area contributed by atoms with E-state index in [0.29, 0.717) is 36.9 Å². The lowest BCUT2D eigenvalue weighted by Gasteiger charge is -2.11. The lowest BCUT2D eigenvalue weighted by atomic mass is 10.1. The van der Waals surface area contributed by atoms with Crippen LogP contribution in [0.15, 0.2) is 47.5 Å². The molecular weight excluding hydrogens is 434 g/mol. The van der Waals surface area contributed by atoms with E-state index in [0.717, 1.165) is 12.2 Å². The third-order valence-electron chi connectivity index (χ3n) is 3.38. The number of aromatic nitrogens is 1. The molecule has 0 atom stereocenters. The summed E-state index contributed by atoms with van der Waals surface area (Å²) in [5, 5.41) is 6.38. The van der Waals surface area contributed by atoms with Gasteiger partial charge in [0.2, 0.25) is 5.88 Å². The van der Waals surface area contributed by atoms with Gasteiger partial charge in [-0.25, -0.2) is 14.4 Å². The molecule has 1 aromatic carbocycles. The standard InChI is InChI=1S/C18H23FN4O.HI/c1-3-20-18(21-12-11-14-7-4-5-9-16(14)19)22-13-15-8-6-10-17(23-15)24-2;/h4-10H,3,11-13H2,1-2H3,(H2,20,21,22);1H. The van der Waals surface area contributed by atoms with Crippen molar-refractivity contribution in [3.8, 4) is 5.88 Å². The van der Waals surface area contributed by atoms with Gasteiger partial charge in [-0.1, -0.05) is 24.3 Å². The largest absolute Gasteiger partial charge is 0.481 e. The van der Waals surface area contributed by atoms with Gasteiger partial charge in [0.1, 0.15) is 5.82 Å². The van der Waals surface area contributed by atoms with Crippen LogP contribution in [-0.4, -0.2) is 31.1 Å². The predicted molar refractivity (Wildman–Crippen MR) is 109 cm³/mol. The maximum absolute atomic E-state index is 13.6. The summed E-state index contributed by atoms with van der Waals surface area (Å²) in [6, 6.07) is 12.4. The number of rotatable bonds is 7. The molecule has 0 spiro atoms. The number of halogens is 2. The van der Waals surface area contributed by atoms with Crippen molar-refractivity contribution in [3.05, 3.63) is 59.5 Å². The molecule has 25 heavy (non-hydrogen) atoms. The van der Waals surface area contributed by atoms with Crippen LogP contribution in [0.1, 0.15) is 18.2 Å². The van der Waals surface area contributed by atoms with Crippen molar-refractivity contribution in [2.75, 3.05) is 20.2 Å². The van der Waals surface area contributed by atoms with Crippen LogP contribution in [-0.2, 0) is 13.0 Å². The Hall–Kier alpha value is -1.90. The van der Waals surface area contributed by atoms with Gasteiger partial charge in [-0.05, 0) is 31.0 Å². The van der Waals surface area contributed by atoms with Crippen LogP contribution in [0.4, 0.5) is 4.39 Å². The molecule has 0 amide bonds. The minimum Gasteiger partial charge on any atom is -0.481 e. The first kappa shape index (κ1) is 21.1. The number of nitrogens with one attached hydrogen (secondary N) is 2. The SMILES string of the molecule is CCNC(=NCc1cccc(OC)n1)NCCc1ccccc1F.I. The van der Waals surface area contributed by atoms with E-state index in [9.17, 15) is 4.39 Å². The van der Waals surface area contributed by atoms with Gasteiger partial charge in [0.15, 0.2) is 5.96 Å². The summed E-state index contributed by atoms with van der Waals surface area (Å²) in [5.74, 6) is 1.07. The highest BCUT2D eigenvalue weighted by Gasteiger charge is 2.02. The van der Waals surface area contributed by atoms with Gasteiger partial charge in [0.05, 0.1) is 19.3 Å². The summed E-state index contributed by atoms with van der Waals surface area (Å²) >= 11 is 0. The smallest absolute Gasteiger partial charge is 0.213 e. The molecule has 2 N–H and O–H groups in total. The molecule has 5 nitrogen and oxygen atoms in total. The Morgan fingerprint density at radius 2 is 1.96 bits per heavy atom. The molecule has 0 bridgehead atoms. The quantitative estimate of drug-likeness (QED) is 0.381. The molecule has 2 rings (SSSR count). The second-order valence-corrected chi connectivity index (χ2v) is 5.13. The monoisotopic (exact) mass is 458 g/mol. The first-order valence-electron chi connectivity index (χ1n) is 7.98. The van der Waals surface area contributed by atoms with Crippen molar-refractivity contribution in [3.63, 3.8) is 0 Å². The second kappa shape index (κ2) is 11.6. The minimum absolute atomic E-state index is 0. The van der Waals surface area contributed by atoms with Crippen LogP contribution in [0.2, 0.25) is 0 Å². The van der Waals surface area contributed by atoms with Gasteiger partial charge in [-0.15, -0.1) is 24.0 Å². The Bertz CT molecular complexity index is 682. The highest BCUT2D eigenvalue weighted by atomic mass is 127. The molecule has 0 saturated heterocycles. The molecule has 0 saturated carbocycles. The minimum atomic E-state index is -0.179. The number of methoxy groups -OCH3 is 1. The Balaban J connectivity index is 0.00000312. The summed E-state index contributed by atoms with van der Waals surface area (Å²) in [4.78, 5) is 8.82. The topological polar surface area (TPSA) is 58.5 Å². The fourth-order valence-electron chi connectivity index (χ4n) is 2.18. The lowest BCUT2D eigenvalue weighted by molar-refractivity contribution is 0.396. The fourth-order valence-corrected chi connectivity index (χ4v) is 2.18. The van der Waals surface area contributed by atoms with E-state index in [1.54, 1.807) is 25.3 Å². The van der Waals surface area contributed by atoms with Crippen molar-refractivity contribution in [2.45, 2.75) is 19.9 Å². The van der Waals surface area contributed by atoms with Gasteiger partial charge in [-0.3, -0.25) is 0 Å². The molecule has 0 radical (unpaired) electrons. The van der Waals surface area contributed by atoms with Gasteiger partial charge >= 0.3 is 0 Å². The van der Waals surface area contributed by atoms with E-state index in [1.807, 2.05) is 25.1 Å². The second-order valence-electron chi connectivity index (χ2n) is 5.13. The Labute approximate surface area is 165 Å². The summed E-state index contributed by atoms with van der Waals surface area (Å²) in [6.45, 7) is 3.78. The molecule has 7 heteroatoms. The molecule has 1 heterocycles. The van der Waals surface area contributed by atoms with Crippen LogP contribution in [0, 0.1) is 5.82 Å². The Morgan fingerprint density at radius 1 is 1.16 bits per heavy atom. The maximum Gasteiger partial charge on any atom is 0.213 e. The van der Waals surface area contributed by atoms with Crippen LogP contribution < -0.4 is 15.4 Å². The molecule has 0 unspecified atom stereocenters. The summed E-state index contributed by atoms with van der Waals surface area (Å²) in [7, 11) is 1.59. The summed E-state index contributed by atoms with van der Waals surface area (Å²) < 4.78 is 18.7. The first-order chi connectivity index (χ1) is 11.7. The molecule has 0 aliphatic heterocycles. The molecular formula is C18H24FIN4O. The van der Waals surface area contributed by atoms with Crippen molar-refractivity contribution >= 4 is 29.9 Å². The van der Waals surface area contributed by atoms with Crippen molar-refractivity contribution < 1.29 is 9.13 Å². The van der Waals surface area contributed by atoms with E-state index >= 15 is 0 Å². The number of nitrogens with zero attached hydrogens (tertiary/aromatic N) is 2. The van der Waals surface area contributed by atoms with Crippen LogP contribution in [0.25, 0.3) is 0 Å². The average molecular weight is 458 g/mol. The normalized spacial score (nSPS) is 10.8. The third kappa shape index (κ3) is 7.25. The molecule has 0 aliphatic rings. The van der Waals surface area contributed by atoms with Crippen molar-refractivity contribution in [1.82, 2.24) is 15.6 Å². The molecule has 1 aromatic heterocycles. The highest BCUT2D eigenvalue weighted by molar-refractivity contribution is 14.0. The number of guanidine groups is 1. The molecule has 0 fully saturated rings. The molecule has 136 valence electrons. The number of hydrogen-bond donors (Lipinski definition) is 2. The van der Waals surface area contributed by atoms with Gasteiger partial charge < -0.3 is 15.4 Å². The van der Waals surface area contributed by atoms with Crippen molar-refractivity contribution in [1.29, 1.82) is 0 Å². The zero-order valence-electron chi connectivity index (χ0n) is 14.5. The van der Waals surface area contributed by atoms with Crippen LogP contribution in [0.5, 0.6) is 5.88 Å². The lowest BCUT2D eigenvalue weighted by Crippen LogP contribution is -2.38. The predicted octanol–water partition coefficient (Wildman–Crippen LogP) is 3.15. The van der Waals surface area contributed by atoms with Gasteiger partial charge in [-0.2, -0.15) is 0 Å². The molecule has 0 aliphatic carbocycles. The van der Waals surface area contributed by atoms with Gasteiger partial charge in [0, 0.05) is 19.2 Å². The number of aliphatic imine (C=N–C) groups is 1. The zero-order valence-corrected chi connectivity index (χ0v) is 16.8. The summed E-state index contributed by atoms with van der Waals surface area (Å²) in [5.41, 5.74) is 1.51. The molecule has 2 aromatic rings. The van der Waals surface area contributed by atoms with E-state index in [2.05, 4.69) is 20.6 Å². The highest BCUT2D eigenvalue weighted by Crippen LogP contribution is 2.08. The van der Waals surface area contributed by atoms with Crippen LogP contribution >= 0.6 is 24.0 Å². The number of benzene rings is 1. The van der Waals surface area contributed by atoms with E-state index in [1.165, 1.54) is 6.07 Å². The third-order valence-corrected chi connectivity index (χ3v) is 3.38. The van der Waals surface area contributed by atoms with E-state index < -0.39 is 0 Å². The Kier molecular flexibility index (Phi) is 9.83. The fraction of sp³-hybridized carbons (Fsp3) is 0.333. The average Bonchev–Trinajstić information content (AvgIpc) is 2.61. The number of pyridine rings is 1. The van der Waals surface area contributed by atoms with Gasteiger partial charge in [0.25, 0.3) is 0 Å². The van der Waals surface area contributed by atoms with Crippen LogP contribution in [0.3, 0.4) is 0 Å². The first-order valence-corrected chi connectivity index (χ1v) is 7.98. The Morgan fingerprint density at radius 3 is 2.68 bits per heavy atom. The van der Waals surface area contributed by atoms with E-state index in [-0.39, 0.29) is 29.8 Å². The maximum atomic E-state index is 13.6. The van der Waals surface area contributed by atoms with E-state index in [4.69, 9.17) is 4.74 Å².